The van der Waals surface area contributed by atoms with Crippen molar-refractivity contribution >= 4 is 21.7 Å². The molecule has 0 aliphatic heterocycles. The van der Waals surface area contributed by atoms with Crippen LogP contribution in [0.2, 0.25) is 0 Å². The maximum absolute atomic E-state index is 13.0. The fraction of sp³-hybridized carbons (Fsp3) is 0.231. The van der Waals surface area contributed by atoms with Crippen LogP contribution in [0.5, 0.6) is 11.5 Å². The van der Waals surface area contributed by atoms with Crippen LogP contribution < -0.4 is 10.1 Å². The Bertz CT molecular complexity index is 1390. The molecule has 0 heterocycles. The number of halogens is 3. The highest BCUT2D eigenvalue weighted by Gasteiger charge is 2.39. The van der Waals surface area contributed by atoms with Crippen molar-refractivity contribution in [2.75, 3.05) is 0 Å². The number of alkyl halides is 3. The number of hydrogen-bond acceptors (Lipinski definition) is 5. The molecule has 0 bridgehead atoms. The van der Waals surface area contributed by atoms with Gasteiger partial charge in [-0.3, -0.25) is 4.79 Å². The first-order valence-electron chi connectivity index (χ1n) is 11.2. The molecule has 196 valence electrons. The van der Waals surface area contributed by atoms with Gasteiger partial charge in [-0.1, -0.05) is 25.1 Å². The summed E-state index contributed by atoms with van der Waals surface area (Å²) in [5.74, 6) is -2.43. The van der Waals surface area contributed by atoms with Crippen LogP contribution in [0.4, 0.5) is 13.2 Å². The average molecular weight is 536 g/mol. The molecule has 0 aliphatic rings. The van der Waals surface area contributed by atoms with E-state index in [-0.39, 0.29) is 21.8 Å². The summed E-state index contributed by atoms with van der Waals surface area (Å²) in [6, 6.07) is 15.1. The molecule has 2 N–H and O–H groups in total. The van der Waals surface area contributed by atoms with E-state index in [1.165, 1.54) is 61.5 Å². The highest BCUT2D eigenvalue weighted by molar-refractivity contribution is 7.91. The minimum absolute atomic E-state index is 0.00610. The number of nitrogens with one attached hydrogen (secondary N) is 1. The summed E-state index contributed by atoms with van der Waals surface area (Å²) in [7, 11) is -3.89. The lowest BCUT2D eigenvalue weighted by Gasteiger charge is -2.15. The van der Waals surface area contributed by atoms with Gasteiger partial charge in [0.15, 0.2) is 0 Å². The van der Waals surface area contributed by atoms with Crippen LogP contribution in [-0.4, -0.2) is 37.6 Å². The van der Waals surface area contributed by atoms with E-state index in [1.54, 1.807) is 19.1 Å². The summed E-state index contributed by atoms with van der Waals surface area (Å²) >= 11 is 0. The number of sulfone groups is 1. The zero-order chi connectivity index (χ0) is 27.4. The Morgan fingerprint density at radius 1 is 0.973 bits per heavy atom. The van der Waals surface area contributed by atoms with E-state index in [0.717, 1.165) is 0 Å². The highest BCUT2D eigenvalue weighted by atomic mass is 32.2. The maximum Gasteiger partial charge on any atom is 0.471 e. The third-order valence-corrected chi connectivity index (χ3v) is 7.27. The summed E-state index contributed by atoms with van der Waals surface area (Å²) in [5.41, 5.74) is 1.19. The lowest BCUT2D eigenvalue weighted by molar-refractivity contribution is -0.174. The fourth-order valence-electron chi connectivity index (χ4n) is 3.69. The number of rotatable bonds is 9. The van der Waals surface area contributed by atoms with E-state index in [2.05, 4.69) is 0 Å². The van der Waals surface area contributed by atoms with Gasteiger partial charge in [-0.15, -0.1) is 0 Å². The largest absolute Gasteiger partial charge is 0.478 e. The molecule has 0 spiro atoms. The number of amides is 1. The predicted octanol–water partition coefficient (Wildman–Crippen LogP) is 5.18. The van der Waals surface area contributed by atoms with E-state index in [1.807, 2.05) is 5.32 Å². The van der Waals surface area contributed by atoms with Gasteiger partial charge in [-0.25, -0.2) is 13.2 Å². The Hall–Kier alpha value is -3.86. The van der Waals surface area contributed by atoms with E-state index in [4.69, 9.17) is 4.74 Å². The molecule has 1 amide bonds. The molecule has 3 aromatic rings. The number of hydrogen-bond donors (Lipinski definition) is 2. The summed E-state index contributed by atoms with van der Waals surface area (Å²) in [4.78, 5) is 22.5. The molecule has 3 aromatic carbocycles. The number of carboxylic acids is 1. The Morgan fingerprint density at radius 2 is 1.54 bits per heavy atom. The first-order chi connectivity index (χ1) is 17.3. The third kappa shape index (κ3) is 6.67. The molecule has 0 fully saturated rings. The number of carbonyl (C=O) groups excluding carboxylic acids is 1. The molecule has 3 rings (SSSR count). The topological polar surface area (TPSA) is 110 Å². The lowest BCUT2D eigenvalue weighted by Crippen LogP contribution is -2.42. The standard InChI is InChI=1S/C26H24F3NO6S/c1-3-21-22(24(31)32)5-4-6-23(21)36-18-9-13-20(14-10-18)37(34,35)19-11-7-17(8-12-19)15-16(2)30-25(33)26(27,28)29/h4-14,16H,3,15H2,1-2H3,(H,30,33)(H,31,32)/t16-/m1/s1. The van der Waals surface area contributed by atoms with Crippen molar-refractivity contribution in [2.45, 2.75) is 48.7 Å². The van der Waals surface area contributed by atoms with Crippen molar-refractivity contribution in [3.63, 3.8) is 0 Å². The number of carboxylic acid groups (broad SMARTS) is 1. The zero-order valence-electron chi connectivity index (χ0n) is 19.9. The quantitative estimate of drug-likeness (QED) is 0.391. The van der Waals surface area contributed by atoms with Crippen molar-refractivity contribution in [3.05, 3.63) is 83.4 Å². The van der Waals surface area contributed by atoms with Gasteiger partial charge in [0, 0.05) is 11.6 Å². The summed E-state index contributed by atoms with van der Waals surface area (Å²) in [6.07, 6.45) is -4.47. The minimum Gasteiger partial charge on any atom is -0.478 e. The van der Waals surface area contributed by atoms with Crippen LogP contribution in [0.25, 0.3) is 0 Å². The Morgan fingerprint density at radius 3 is 2.05 bits per heavy atom. The minimum atomic E-state index is -4.98. The number of carbonyl (C=O) groups is 2. The third-order valence-electron chi connectivity index (χ3n) is 5.49. The van der Waals surface area contributed by atoms with Gasteiger partial charge in [-0.05, 0) is 73.9 Å². The van der Waals surface area contributed by atoms with E-state index in [9.17, 15) is 36.3 Å². The molecule has 0 aliphatic carbocycles. The van der Waals surface area contributed by atoms with Gasteiger partial charge in [-0.2, -0.15) is 13.2 Å². The molecule has 11 heteroatoms. The van der Waals surface area contributed by atoms with Crippen LogP contribution in [0.1, 0.15) is 35.3 Å². The van der Waals surface area contributed by atoms with Crippen molar-refractivity contribution in [1.82, 2.24) is 5.32 Å². The first kappa shape index (κ1) is 27.7. The van der Waals surface area contributed by atoms with E-state index < -0.39 is 33.9 Å². The van der Waals surface area contributed by atoms with Crippen LogP contribution >= 0.6 is 0 Å². The Kier molecular flexibility index (Phi) is 8.27. The predicted molar refractivity (Wildman–Crippen MR) is 129 cm³/mol. The monoisotopic (exact) mass is 535 g/mol. The molecular formula is C26H24F3NO6S. The van der Waals surface area contributed by atoms with Crippen molar-refractivity contribution in [3.8, 4) is 11.5 Å². The molecule has 0 saturated carbocycles. The van der Waals surface area contributed by atoms with Gasteiger partial charge in [0.1, 0.15) is 11.5 Å². The van der Waals surface area contributed by atoms with Gasteiger partial charge in [0.2, 0.25) is 9.84 Å². The molecule has 0 radical (unpaired) electrons. The van der Waals surface area contributed by atoms with Gasteiger partial charge in [0.25, 0.3) is 0 Å². The van der Waals surface area contributed by atoms with Crippen molar-refractivity contribution < 1.29 is 41.0 Å². The van der Waals surface area contributed by atoms with Crippen LogP contribution in [0, 0.1) is 0 Å². The van der Waals surface area contributed by atoms with E-state index in [0.29, 0.717) is 29.0 Å². The molecule has 0 unspecified atom stereocenters. The summed E-state index contributed by atoms with van der Waals surface area (Å²) in [5, 5.41) is 11.2. The van der Waals surface area contributed by atoms with Crippen molar-refractivity contribution in [1.29, 1.82) is 0 Å². The van der Waals surface area contributed by atoms with Crippen LogP contribution in [-0.2, 0) is 27.5 Å². The second-order valence-corrected chi connectivity index (χ2v) is 10.2. The summed E-state index contributed by atoms with van der Waals surface area (Å²) in [6.45, 7) is 3.22. The van der Waals surface area contributed by atoms with Gasteiger partial charge in [0.05, 0.1) is 15.4 Å². The first-order valence-corrected chi connectivity index (χ1v) is 12.7. The molecule has 0 saturated heterocycles. The van der Waals surface area contributed by atoms with Crippen molar-refractivity contribution in [2.24, 2.45) is 0 Å². The zero-order valence-corrected chi connectivity index (χ0v) is 20.7. The molecular weight excluding hydrogens is 511 g/mol. The lowest BCUT2D eigenvalue weighted by atomic mass is 10.0. The molecule has 1 atom stereocenters. The Labute approximate surface area is 211 Å². The Balaban J connectivity index is 1.73. The van der Waals surface area contributed by atoms with Gasteiger partial charge < -0.3 is 15.2 Å². The SMILES string of the molecule is CCc1c(Oc2ccc(S(=O)(=O)c3ccc(C[C@@H](C)NC(=O)C(F)(F)F)cc3)cc2)cccc1C(=O)O. The van der Waals surface area contributed by atoms with Gasteiger partial charge >= 0.3 is 18.1 Å². The average Bonchev–Trinajstić information content (AvgIpc) is 2.84. The molecule has 0 aromatic heterocycles. The maximum atomic E-state index is 13.0. The smallest absolute Gasteiger partial charge is 0.471 e. The highest BCUT2D eigenvalue weighted by Crippen LogP contribution is 2.30. The normalized spacial score (nSPS) is 12.6. The number of aromatic carboxylic acids is 1. The fourth-order valence-corrected chi connectivity index (χ4v) is 4.95. The number of ether oxygens (including phenoxy) is 1. The molecule has 7 nitrogen and oxygen atoms in total. The summed E-state index contributed by atoms with van der Waals surface area (Å²) < 4.78 is 69.1. The number of benzene rings is 3. The second kappa shape index (κ2) is 11.0. The van der Waals surface area contributed by atoms with Crippen LogP contribution in [0.3, 0.4) is 0 Å². The van der Waals surface area contributed by atoms with E-state index >= 15 is 0 Å². The molecule has 37 heavy (non-hydrogen) atoms. The second-order valence-electron chi connectivity index (χ2n) is 8.24. The van der Waals surface area contributed by atoms with Crippen LogP contribution in [0.15, 0.2) is 76.5 Å².